The number of carbonyl (C=O) groups excluding carboxylic acids is 1. The molecule has 0 radical (unpaired) electrons. The number of ether oxygens (including phenoxy) is 1. The van der Waals surface area contributed by atoms with Gasteiger partial charge in [0.2, 0.25) is 0 Å². The molecule has 0 saturated carbocycles. The highest BCUT2D eigenvalue weighted by atomic mass is 32.1. The first-order valence-electron chi connectivity index (χ1n) is 6.61. The van der Waals surface area contributed by atoms with Gasteiger partial charge in [-0.15, -0.1) is 11.3 Å². The summed E-state index contributed by atoms with van der Waals surface area (Å²) in [7, 11) is 0. The van der Waals surface area contributed by atoms with Gasteiger partial charge in [-0.25, -0.2) is 0 Å². The molecule has 0 aliphatic carbocycles. The van der Waals surface area contributed by atoms with Crippen molar-refractivity contribution in [2.24, 2.45) is 0 Å². The van der Waals surface area contributed by atoms with Gasteiger partial charge in [-0.1, -0.05) is 6.92 Å². The van der Waals surface area contributed by atoms with Crippen LogP contribution in [0.3, 0.4) is 0 Å². The maximum Gasteiger partial charge on any atom is 0.304 e. The van der Waals surface area contributed by atoms with Crippen LogP contribution in [0.25, 0.3) is 0 Å². The van der Waals surface area contributed by atoms with E-state index in [2.05, 4.69) is 0 Å². The van der Waals surface area contributed by atoms with Crippen molar-refractivity contribution in [3.63, 3.8) is 0 Å². The SMILES string of the molecule is CCC1COC(C)CN1c1sc(C(C)=O)cc1[N+](=O)[O-]. The van der Waals surface area contributed by atoms with Crippen molar-refractivity contribution in [2.45, 2.75) is 39.3 Å². The second kappa shape index (κ2) is 5.88. The van der Waals surface area contributed by atoms with Gasteiger partial charge in [0.1, 0.15) is 0 Å². The minimum atomic E-state index is -0.412. The molecule has 1 fully saturated rings. The molecule has 2 rings (SSSR count). The molecule has 0 bridgehead atoms. The van der Waals surface area contributed by atoms with Crippen molar-refractivity contribution in [1.29, 1.82) is 0 Å². The number of rotatable bonds is 4. The molecule has 0 spiro atoms. The van der Waals surface area contributed by atoms with Crippen LogP contribution >= 0.6 is 11.3 Å². The Kier molecular flexibility index (Phi) is 4.39. The monoisotopic (exact) mass is 298 g/mol. The van der Waals surface area contributed by atoms with Crippen molar-refractivity contribution < 1.29 is 14.5 Å². The lowest BCUT2D eigenvalue weighted by Gasteiger charge is -2.38. The van der Waals surface area contributed by atoms with Crippen molar-refractivity contribution in [3.8, 4) is 0 Å². The Hall–Kier alpha value is -1.47. The fourth-order valence-electron chi connectivity index (χ4n) is 2.31. The molecule has 0 aromatic carbocycles. The molecule has 2 heterocycles. The zero-order valence-corrected chi connectivity index (χ0v) is 12.6. The van der Waals surface area contributed by atoms with Crippen LogP contribution in [-0.2, 0) is 4.74 Å². The number of anilines is 1. The van der Waals surface area contributed by atoms with Gasteiger partial charge in [-0.3, -0.25) is 14.9 Å². The Balaban J connectivity index is 2.43. The number of nitrogens with zero attached hydrogens (tertiary/aromatic N) is 2. The lowest BCUT2D eigenvalue weighted by atomic mass is 10.1. The van der Waals surface area contributed by atoms with E-state index in [4.69, 9.17) is 4.74 Å². The Labute approximate surface area is 121 Å². The second-order valence-electron chi connectivity index (χ2n) is 4.97. The van der Waals surface area contributed by atoms with E-state index in [9.17, 15) is 14.9 Å². The van der Waals surface area contributed by atoms with E-state index < -0.39 is 4.92 Å². The maximum atomic E-state index is 11.5. The largest absolute Gasteiger partial charge is 0.375 e. The molecule has 1 aromatic heterocycles. The van der Waals surface area contributed by atoms with Gasteiger partial charge in [0.15, 0.2) is 10.8 Å². The predicted octanol–water partition coefficient (Wildman–Crippen LogP) is 2.86. The molecule has 1 aromatic rings. The number of thiophene rings is 1. The Morgan fingerprint density at radius 1 is 1.65 bits per heavy atom. The van der Waals surface area contributed by atoms with Crippen molar-refractivity contribution in [3.05, 3.63) is 21.1 Å². The molecule has 1 aliphatic rings. The summed E-state index contributed by atoms with van der Waals surface area (Å²) >= 11 is 1.20. The third kappa shape index (κ3) is 2.83. The zero-order valence-electron chi connectivity index (χ0n) is 11.8. The Bertz CT molecular complexity index is 528. The number of hydrogen-bond acceptors (Lipinski definition) is 6. The fraction of sp³-hybridized carbons (Fsp3) is 0.615. The Morgan fingerprint density at radius 2 is 2.35 bits per heavy atom. The summed E-state index contributed by atoms with van der Waals surface area (Å²) in [5, 5.41) is 11.8. The van der Waals surface area contributed by atoms with Gasteiger partial charge in [-0.05, 0) is 20.3 Å². The van der Waals surface area contributed by atoms with E-state index in [1.165, 1.54) is 24.3 Å². The van der Waals surface area contributed by atoms with Crippen LogP contribution in [0, 0.1) is 10.1 Å². The molecule has 1 saturated heterocycles. The van der Waals surface area contributed by atoms with Crippen molar-refractivity contribution >= 4 is 27.8 Å². The lowest BCUT2D eigenvalue weighted by molar-refractivity contribution is -0.383. The minimum Gasteiger partial charge on any atom is -0.375 e. The average Bonchev–Trinajstić information content (AvgIpc) is 2.83. The Morgan fingerprint density at radius 3 is 2.90 bits per heavy atom. The van der Waals surface area contributed by atoms with Gasteiger partial charge in [0.25, 0.3) is 0 Å². The summed E-state index contributed by atoms with van der Waals surface area (Å²) < 4.78 is 5.61. The zero-order chi connectivity index (χ0) is 14.9. The van der Waals surface area contributed by atoms with Crippen molar-refractivity contribution in [2.75, 3.05) is 18.1 Å². The third-order valence-electron chi connectivity index (χ3n) is 3.44. The molecule has 0 amide bonds. The van der Waals surface area contributed by atoms with Gasteiger partial charge >= 0.3 is 5.69 Å². The first kappa shape index (κ1) is 14.9. The average molecular weight is 298 g/mol. The van der Waals surface area contributed by atoms with Crippen LogP contribution in [0.15, 0.2) is 6.07 Å². The van der Waals surface area contributed by atoms with Crippen LogP contribution in [-0.4, -0.2) is 36.0 Å². The number of Topliss-reactive ketones (excluding diaryl/α,β-unsaturated/α-hetero) is 1. The molecule has 1 aliphatic heterocycles. The number of ketones is 1. The highest BCUT2D eigenvalue weighted by molar-refractivity contribution is 7.18. The minimum absolute atomic E-state index is 0.0211. The summed E-state index contributed by atoms with van der Waals surface area (Å²) in [6.45, 7) is 6.57. The smallest absolute Gasteiger partial charge is 0.304 e. The molecular formula is C13H18N2O4S. The van der Waals surface area contributed by atoms with Gasteiger partial charge in [0.05, 0.1) is 28.6 Å². The number of morpholine rings is 1. The van der Waals surface area contributed by atoms with E-state index in [0.717, 1.165) is 6.42 Å². The molecule has 7 heteroatoms. The number of carbonyl (C=O) groups is 1. The van der Waals surface area contributed by atoms with Crippen LogP contribution in [0.4, 0.5) is 10.7 Å². The van der Waals surface area contributed by atoms with Crippen molar-refractivity contribution in [1.82, 2.24) is 0 Å². The molecule has 6 nitrogen and oxygen atoms in total. The van der Waals surface area contributed by atoms with Gasteiger partial charge in [0, 0.05) is 12.6 Å². The molecule has 2 atom stereocenters. The molecular weight excluding hydrogens is 280 g/mol. The summed E-state index contributed by atoms with van der Waals surface area (Å²) in [5.74, 6) is -0.140. The summed E-state index contributed by atoms with van der Waals surface area (Å²) in [5.41, 5.74) is 0.0211. The summed E-state index contributed by atoms with van der Waals surface area (Å²) in [6, 6.07) is 1.50. The summed E-state index contributed by atoms with van der Waals surface area (Å²) in [6.07, 6.45) is 0.872. The van der Waals surface area contributed by atoms with Crippen LogP contribution in [0.2, 0.25) is 0 Å². The van der Waals surface area contributed by atoms with E-state index in [1.807, 2.05) is 18.7 Å². The van der Waals surface area contributed by atoms with Gasteiger partial charge < -0.3 is 9.64 Å². The van der Waals surface area contributed by atoms with E-state index in [0.29, 0.717) is 23.0 Å². The number of nitro groups is 1. The van der Waals surface area contributed by atoms with Crippen LogP contribution in [0.1, 0.15) is 36.9 Å². The number of hydrogen-bond donors (Lipinski definition) is 0. The van der Waals surface area contributed by atoms with E-state index in [-0.39, 0.29) is 23.6 Å². The first-order chi connectivity index (χ1) is 9.43. The highest BCUT2D eigenvalue weighted by Crippen LogP contribution is 2.40. The standard InChI is InChI=1S/C13H18N2O4S/c1-4-10-7-19-8(2)6-14(10)13-11(15(17)18)5-12(20-13)9(3)16/h5,8,10H,4,6-7H2,1-3H3. The maximum absolute atomic E-state index is 11.5. The van der Waals surface area contributed by atoms with Crippen LogP contribution in [0.5, 0.6) is 0 Å². The highest BCUT2D eigenvalue weighted by Gasteiger charge is 2.33. The lowest BCUT2D eigenvalue weighted by Crippen LogP contribution is -2.48. The normalized spacial score (nSPS) is 22.9. The fourth-order valence-corrected chi connectivity index (χ4v) is 3.41. The quantitative estimate of drug-likeness (QED) is 0.485. The summed E-state index contributed by atoms with van der Waals surface area (Å²) in [4.78, 5) is 24.7. The van der Waals surface area contributed by atoms with Crippen LogP contribution < -0.4 is 4.90 Å². The molecule has 2 unspecified atom stereocenters. The van der Waals surface area contributed by atoms with Gasteiger partial charge in [-0.2, -0.15) is 0 Å². The predicted molar refractivity (Wildman–Crippen MR) is 77.8 cm³/mol. The molecule has 110 valence electrons. The third-order valence-corrected chi connectivity index (χ3v) is 4.70. The van der Waals surface area contributed by atoms with E-state index in [1.54, 1.807) is 0 Å². The first-order valence-corrected chi connectivity index (χ1v) is 7.43. The van der Waals surface area contributed by atoms with E-state index >= 15 is 0 Å². The second-order valence-corrected chi connectivity index (χ2v) is 6.00. The molecule has 20 heavy (non-hydrogen) atoms. The topological polar surface area (TPSA) is 72.7 Å². The molecule has 0 N–H and O–H groups in total.